The summed E-state index contributed by atoms with van der Waals surface area (Å²) in [4.78, 5) is 38.7. The average molecular weight is 526 g/mol. The number of aromatic nitrogens is 1. The fourth-order valence-corrected chi connectivity index (χ4v) is 7.72. The molecule has 13 heteroatoms. The van der Waals surface area contributed by atoms with Crippen LogP contribution < -0.4 is 4.74 Å². The number of ether oxygens (including phenoxy) is 1. The first-order valence-corrected chi connectivity index (χ1v) is 13.8. The van der Waals surface area contributed by atoms with Gasteiger partial charge in [-0.3, -0.25) is 28.3 Å². The second-order valence-electron chi connectivity index (χ2n) is 9.03. The van der Waals surface area contributed by atoms with Crippen molar-refractivity contribution in [2.45, 2.75) is 31.6 Å². The van der Waals surface area contributed by atoms with Gasteiger partial charge in [-0.2, -0.15) is 0 Å². The number of carbonyl (C=O) groups excluding carboxylic acids is 1. The molecule has 4 atom stereocenters. The first-order valence-electron chi connectivity index (χ1n) is 10.4. The number of halogens is 1. The number of pyridine rings is 1. The van der Waals surface area contributed by atoms with Gasteiger partial charge >= 0.3 is 7.60 Å². The SMILES string of the molecule is C=C(Oc1ccc(C2OP(=C)(O)C(O)(Cc3cccnc3)P(=O)(O)O2)c(F)c1)N1CC(C)(C)C1=O. The van der Waals surface area contributed by atoms with E-state index in [0.29, 0.717) is 12.1 Å². The molecule has 1 aromatic heterocycles. The topological polar surface area (TPSA) is 139 Å². The summed E-state index contributed by atoms with van der Waals surface area (Å²) in [6, 6.07) is 6.49. The third-order valence-electron chi connectivity index (χ3n) is 5.83. The lowest BCUT2D eigenvalue weighted by Crippen LogP contribution is -2.58. The quantitative estimate of drug-likeness (QED) is 0.294. The van der Waals surface area contributed by atoms with Crippen LogP contribution in [0.3, 0.4) is 0 Å². The Morgan fingerprint density at radius 2 is 2.06 bits per heavy atom. The fraction of sp³-hybridized carbons (Fsp3) is 0.318. The zero-order valence-electron chi connectivity index (χ0n) is 19.0. The van der Waals surface area contributed by atoms with E-state index < -0.39 is 44.0 Å². The number of amides is 1. The zero-order valence-corrected chi connectivity index (χ0v) is 20.8. The van der Waals surface area contributed by atoms with Gasteiger partial charge in [-0.1, -0.05) is 6.07 Å². The molecule has 3 N–H and O–H groups in total. The molecule has 188 valence electrons. The molecule has 0 spiro atoms. The summed E-state index contributed by atoms with van der Waals surface area (Å²) in [6.45, 7) is 7.65. The summed E-state index contributed by atoms with van der Waals surface area (Å²) in [7, 11) is -9.28. The Balaban J connectivity index is 1.53. The van der Waals surface area contributed by atoms with Crippen molar-refractivity contribution in [2.75, 3.05) is 6.54 Å². The van der Waals surface area contributed by atoms with Crippen LogP contribution in [0.4, 0.5) is 4.39 Å². The van der Waals surface area contributed by atoms with Gasteiger partial charge in [-0.05, 0) is 50.5 Å². The molecule has 2 aliphatic rings. The van der Waals surface area contributed by atoms with Crippen LogP contribution in [-0.2, 0) is 24.8 Å². The smallest absolute Gasteiger partial charge is 0.371 e. The molecular formula is C22H25FN2O8P2. The largest absolute Gasteiger partial charge is 0.441 e. The minimum atomic E-state index is -5.02. The highest BCUT2D eigenvalue weighted by molar-refractivity contribution is 7.78. The van der Waals surface area contributed by atoms with E-state index in [4.69, 9.17) is 13.8 Å². The fourth-order valence-electron chi connectivity index (χ4n) is 3.75. The molecule has 1 amide bonds. The van der Waals surface area contributed by atoms with E-state index in [0.717, 1.165) is 12.1 Å². The Morgan fingerprint density at radius 3 is 2.60 bits per heavy atom. The van der Waals surface area contributed by atoms with Gasteiger partial charge in [0.25, 0.3) is 0 Å². The van der Waals surface area contributed by atoms with Crippen molar-refractivity contribution in [2.24, 2.45) is 5.41 Å². The molecule has 0 saturated carbocycles. The molecule has 0 radical (unpaired) electrons. The summed E-state index contributed by atoms with van der Waals surface area (Å²) in [5, 5.41) is 8.23. The van der Waals surface area contributed by atoms with E-state index in [-0.39, 0.29) is 23.1 Å². The van der Waals surface area contributed by atoms with Crippen molar-refractivity contribution in [3.05, 3.63) is 72.1 Å². The number of hydrogen-bond acceptors (Lipinski definition) is 8. The van der Waals surface area contributed by atoms with Crippen LogP contribution >= 0.6 is 14.9 Å². The Morgan fingerprint density at radius 1 is 1.34 bits per heavy atom. The van der Waals surface area contributed by atoms with Gasteiger partial charge in [0.1, 0.15) is 11.6 Å². The summed E-state index contributed by atoms with van der Waals surface area (Å²) in [5.41, 5.74) is -0.527. The third-order valence-corrected chi connectivity index (χ3v) is 10.9. The van der Waals surface area contributed by atoms with Gasteiger partial charge < -0.3 is 19.6 Å². The molecular weight excluding hydrogens is 501 g/mol. The molecule has 35 heavy (non-hydrogen) atoms. The van der Waals surface area contributed by atoms with Gasteiger partial charge in [0.05, 0.1) is 5.41 Å². The van der Waals surface area contributed by atoms with Crippen molar-refractivity contribution in [1.82, 2.24) is 9.88 Å². The van der Waals surface area contributed by atoms with Crippen LogP contribution in [0.15, 0.2) is 55.2 Å². The number of nitrogens with zero attached hydrogens (tertiary/aromatic N) is 2. The number of hydrogen-bond donors (Lipinski definition) is 3. The maximum absolute atomic E-state index is 14.9. The van der Waals surface area contributed by atoms with Gasteiger partial charge in [0.2, 0.25) is 17.3 Å². The second kappa shape index (κ2) is 8.64. The lowest BCUT2D eigenvalue weighted by molar-refractivity contribution is -0.155. The summed E-state index contributed by atoms with van der Waals surface area (Å²) in [6.07, 6.45) is 3.91. The standard InChI is InChI=1S/C22H25FN2O8P2/c1-14(25-13-21(2,3)20(25)26)31-16-7-8-17(18(23)10-16)19-32-34(4,28)22(27,35(29,30)33-19)11-15-6-5-9-24-12-15/h5-10,12,19,27-28H,1,4,11,13H2,2-3H3,(H,29,30). The van der Waals surface area contributed by atoms with Crippen LogP contribution in [-0.4, -0.2) is 48.6 Å². The Labute approximate surface area is 201 Å². The molecule has 4 rings (SSSR count). The van der Waals surface area contributed by atoms with Crippen molar-refractivity contribution < 1.29 is 42.4 Å². The van der Waals surface area contributed by atoms with E-state index in [9.17, 15) is 28.6 Å². The number of rotatable bonds is 6. The van der Waals surface area contributed by atoms with E-state index in [1.165, 1.54) is 29.4 Å². The van der Waals surface area contributed by atoms with Gasteiger partial charge in [0, 0.05) is 37.0 Å². The number of β-lactam (4-membered cyclic amide) rings is 1. The highest BCUT2D eigenvalue weighted by Gasteiger charge is 2.62. The third kappa shape index (κ3) is 4.49. The molecule has 10 nitrogen and oxygen atoms in total. The minimum absolute atomic E-state index is 0.00418. The monoisotopic (exact) mass is 526 g/mol. The Kier molecular flexibility index (Phi) is 6.35. The molecule has 4 unspecified atom stereocenters. The maximum Gasteiger partial charge on any atom is 0.371 e. The van der Waals surface area contributed by atoms with Gasteiger partial charge in [0.15, 0.2) is 13.2 Å². The van der Waals surface area contributed by atoms with Gasteiger partial charge in [-0.15, -0.1) is 0 Å². The lowest BCUT2D eigenvalue weighted by Gasteiger charge is -2.45. The van der Waals surface area contributed by atoms with E-state index in [2.05, 4.69) is 17.9 Å². The highest BCUT2D eigenvalue weighted by atomic mass is 31.2. The molecule has 3 heterocycles. The summed E-state index contributed by atoms with van der Waals surface area (Å²) >= 11 is 0. The van der Waals surface area contributed by atoms with Crippen LogP contribution in [0.25, 0.3) is 0 Å². The Bertz CT molecular complexity index is 1260. The van der Waals surface area contributed by atoms with Crippen molar-refractivity contribution in [3.63, 3.8) is 0 Å². The van der Waals surface area contributed by atoms with Crippen LogP contribution in [0, 0.1) is 11.2 Å². The molecule has 2 aliphatic heterocycles. The second-order valence-corrected chi connectivity index (χ2v) is 13.7. The molecule has 2 saturated heterocycles. The maximum atomic E-state index is 14.9. The van der Waals surface area contributed by atoms with Crippen LogP contribution in [0.2, 0.25) is 0 Å². The van der Waals surface area contributed by atoms with Crippen molar-refractivity contribution in [3.8, 4) is 5.75 Å². The van der Waals surface area contributed by atoms with E-state index >= 15 is 0 Å². The number of aliphatic hydroxyl groups is 1. The molecule has 0 aliphatic carbocycles. The van der Waals surface area contributed by atoms with Crippen LogP contribution in [0.5, 0.6) is 5.75 Å². The first kappa shape index (κ1) is 25.7. The molecule has 2 aromatic rings. The molecule has 2 fully saturated rings. The number of likely N-dealkylation sites (tertiary alicyclic amines) is 1. The predicted molar refractivity (Wildman–Crippen MR) is 126 cm³/mol. The normalized spacial score (nSPS) is 32.1. The zero-order chi connectivity index (χ0) is 25.8. The van der Waals surface area contributed by atoms with Gasteiger partial charge in [-0.25, -0.2) is 4.39 Å². The molecule has 0 bridgehead atoms. The highest BCUT2D eigenvalue weighted by Crippen LogP contribution is 2.78. The van der Waals surface area contributed by atoms with Crippen LogP contribution in [0.1, 0.15) is 31.3 Å². The number of carbonyl (C=O) groups is 1. The van der Waals surface area contributed by atoms with E-state index in [1.807, 2.05) is 0 Å². The minimum Gasteiger partial charge on any atom is -0.441 e. The van der Waals surface area contributed by atoms with E-state index in [1.54, 1.807) is 19.9 Å². The first-order chi connectivity index (χ1) is 16.2. The summed E-state index contributed by atoms with van der Waals surface area (Å²) in [5.74, 6) is -1.11. The lowest BCUT2D eigenvalue weighted by atomic mass is 9.83. The van der Waals surface area contributed by atoms with Crippen molar-refractivity contribution >= 4 is 27.1 Å². The molecule has 1 aromatic carbocycles. The average Bonchev–Trinajstić information content (AvgIpc) is 2.76. The summed E-state index contributed by atoms with van der Waals surface area (Å²) < 4.78 is 43.9. The predicted octanol–water partition coefficient (Wildman–Crippen LogP) is 3.33. The number of benzene rings is 1. The Hall–Kier alpha value is -2.36. The van der Waals surface area contributed by atoms with Crippen molar-refractivity contribution in [1.29, 1.82) is 0 Å².